The molecule has 1 aliphatic rings. The number of amides is 1. The van der Waals surface area contributed by atoms with E-state index < -0.39 is 11.5 Å². The second-order valence-electron chi connectivity index (χ2n) is 5.54. The lowest BCUT2D eigenvalue weighted by Crippen LogP contribution is -2.51. The SMILES string of the molecule is COC(C)CCC(=O)NC1(CC(=O)O)CCCCC1. The molecule has 1 fully saturated rings. The quantitative estimate of drug-likeness (QED) is 0.743. The zero-order valence-corrected chi connectivity index (χ0v) is 11.9. The molecule has 0 aliphatic heterocycles. The van der Waals surface area contributed by atoms with Gasteiger partial charge in [-0.25, -0.2) is 0 Å². The van der Waals surface area contributed by atoms with Gasteiger partial charge < -0.3 is 15.2 Å². The van der Waals surface area contributed by atoms with Crippen LogP contribution in [0.1, 0.15) is 58.3 Å². The number of hydrogen-bond acceptors (Lipinski definition) is 3. The largest absolute Gasteiger partial charge is 0.481 e. The maximum atomic E-state index is 12.0. The fraction of sp³-hybridized carbons (Fsp3) is 0.857. The molecule has 0 bridgehead atoms. The molecule has 0 heterocycles. The molecule has 1 unspecified atom stereocenters. The highest BCUT2D eigenvalue weighted by molar-refractivity contribution is 5.78. The number of carboxylic acids is 1. The van der Waals surface area contributed by atoms with E-state index in [1.165, 1.54) is 0 Å². The van der Waals surface area contributed by atoms with Gasteiger partial charge in [0.25, 0.3) is 0 Å². The fourth-order valence-corrected chi connectivity index (χ4v) is 2.67. The van der Waals surface area contributed by atoms with Crippen molar-refractivity contribution in [3.8, 4) is 0 Å². The topological polar surface area (TPSA) is 75.6 Å². The fourth-order valence-electron chi connectivity index (χ4n) is 2.67. The molecule has 0 radical (unpaired) electrons. The summed E-state index contributed by atoms with van der Waals surface area (Å²) in [6, 6.07) is 0. The van der Waals surface area contributed by atoms with Crippen LogP contribution in [-0.4, -0.2) is 35.7 Å². The van der Waals surface area contributed by atoms with E-state index in [2.05, 4.69) is 5.32 Å². The van der Waals surface area contributed by atoms with E-state index in [1.54, 1.807) is 7.11 Å². The molecule has 5 heteroatoms. The Kier molecular flexibility index (Phi) is 6.28. The smallest absolute Gasteiger partial charge is 0.305 e. The summed E-state index contributed by atoms with van der Waals surface area (Å²) in [6.45, 7) is 1.92. The molecule has 1 atom stereocenters. The summed E-state index contributed by atoms with van der Waals surface area (Å²) in [5, 5.41) is 12.0. The van der Waals surface area contributed by atoms with Crippen LogP contribution in [0.5, 0.6) is 0 Å². The van der Waals surface area contributed by atoms with Crippen molar-refractivity contribution >= 4 is 11.9 Å². The molecule has 5 nitrogen and oxygen atoms in total. The molecule has 0 aromatic rings. The highest BCUT2D eigenvalue weighted by Crippen LogP contribution is 2.31. The van der Waals surface area contributed by atoms with Crippen LogP contribution < -0.4 is 5.32 Å². The van der Waals surface area contributed by atoms with E-state index in [9.17, 15) is 9.59 Å². The summed E-state index contributed by atoms with van der Waals surface area (Å²) >= 11 is 0. The van der Waals surface area contributed by atoms with Crippen molar-refractivity contribution in [2.24, 2.45) is 0 Å². The Morgan fingerprint density at radius 3 is 2.47 bits per heavy atom. The van der Waals surface area contributed by atoms with Gasteiger partial charge in [-0.3, -0.25) is 9.59 Å². The second-order valence-corrected chi connectivity index (χ2v) is 5.54. The molecule has 110 valence electrons. The monoisotopic (exact) mass is 271 g/mol. The van der Waals surface area contributed by atoms with E-state index >= 15 is 0 Å². The Morgan fingerprint density at radius 1 is 1.32 bits per heavy atom. The number of rotatable bonds is 7. The van der Waals surface area contributed by atoms with Gasteiger partial charge in [-0.2, -0.15) is 0 Å². The molecule has 0 aromatic heterocycles. The first-order valence-corrected chi connectivity index (χ1v) is 7.03. The average Bonchev–Trinajstić information content (AvgIpc) is 2.35. The molecule has 1 amide bonds. The lowest BCUT2D eigenvalue weighted by atomic mass is 9.79. The average molecular weight is 271 g/mol. The molecular weight excluding hydrogens is 246 g/mol. The third-order valence-corrected chi connectivity index (χ3v) is 3.89. The van der Waals surface area contributed by atoms with E-state index in [1.807, 2.05) is 6.92 Å². The van der Waals surface area contributed by atoms with E-state index in [4.69, 9.17) is 9.84 Å². The Morgan fingerprint density at radius 2 is 1.95 bits per heavy atom. The van der Waals surface area contributed by atoms with Crippen molar-refractivity contribution < 1.29 is 19.4 Å². The van der Waals surface area contributed by atoms with E-state index in [0.29, 0.717) is 12.8 Å². The third kappa shape index (κ3) is 5.59. The minimum atomic E-state index is -0.840. The summed E-state index contributed by atoms with van der Waals surface area (Å²) in [5.41, 5.74) is -0.530. The predicted molar refractivity (Wildman–Crippen MR) is 71.9 cm³/mol. The van der Waals surface area contributed by atoms with Gasteiger partial charge >= 0.3 is 5.97 Å². The number of carbonyl (C=O) groups excluding carboxylic acids is 1. The summed E-state index contributed by atoms with van der Waals surface area (Å²) in [7, 11) is 1.62. The Labute approximate surface area is 114 Å². The van der Waals surface area contributed by atoms with Crippen LogP contribution in [0.3, 0.4) is 0 Å². The van der Waals surface area contributed by atoms with E-state index in [0.717, 1.165) is 32.1 Å². The zero-order chi connectivity index (χ0) is 14.3. The van der Waals surface area contributed by atoms with Crippen molar-refractivity contribution in [3.63, 3.8) is 0 Å². The van der Waals surface area contributed by atoms with Crippen LogP contribution in [-0.2, 0) is 14.3 Å². The van der Waals surface area contributed by atoms with Crippen LogP contribution in [0, 0.1) is 0 Å². The minimum Gasteiger partial charge on any atom is -0.481 e. The van der Waals surface area contributed by atoms with Crippen LogP contribution in [0.2, 0.25) is 0 Å². The second kappa shape index (κ2) is 7.48. The van der Waals surface area contributed by atoms with Crippen molar-refractivity contribution in [1.82, 2.24) is 5.32 Å². The van der Waals surface area contributed by atoms with Gasteiger partial charge in [0, 0.05) is 13.5 Å². The number of methoxy groups -OCH3 is 1. The number of aliphatic carboxylic acids is 1. The Balaban J connectivity index is 2.52. The normalized spacial score (nSPS) is 19.7. The van der Waals surface area contributed by atoms with Gasteiger partial charge in [-0.15, -0.1) is 0 Å². The van der Waals surface area contributed by atoms with Crippen molar-refractivity contribution in [1.29, 1.82) is 0 Å². The molecule has 0 aromatic carbocycles. The van der Waals surface area contributed by atoms with Crippen molar-refractivity contribution in [2.75, 3.05) is 7.11 Å². The standard InChI is InChI=1S/C14H25NO4/c1-11(19-2)6-7-12(16)15-14(10-13(17)18)8-4-3-5-9-14/h11H,3-10H2,1-2H3,(H,15,16)(H,17,18). The molecule has 19 heavy (non-hydrogen) atoms. The lowest BCUT2D eigenvalue weighted by molar-refractivity contribution is -0.139. The first-order chi connectivity index (χ1) is 8.97. The molecule has 2 N–H and O–H groups in total. The Hall–Kier alpha value is -1.10. The third-order valence-electron chi connectivity index (χ3n) is 3.89. The van der Waals surface area contributed by atoms with Crippen LogP contribution in [0.15, 0.2) is 0 Å². The molecule has 1 aliphatic carbocycles. The molecule has 0 saturated heterocycles. The maximum Gasteiger partial charge on any atom is 0.305 e. The summed E-state index contributed by atoms with van der Waals surface area (Å²) in [4.78, 5) is 23.0. The molecular formula is C14H25NO4. The van der Waals surface area contributed by atoms with Gasteiger partial charge in [0.2, 0.25) is 5.91 Å². The molecule has 0 spiro atoms. The van der Waals surface area contributed by atoms with Gasteiger partial charge in [-0.1, -0.05) is 19.3 Å². The number of carbonyl (C=O) groups is 2. The van der Waals surface area contributed by atoms with Gasteiger partial charge in [0.15, 0.2) is 0 Å². The van der Waals surface area contributed by atoms with Crippen molar-refractivity contribution in [3.05, 3.63) is 0 Å². The highest BCUT2D eigenvalue weighted by atomic mass is 16.5. The molecule has 1 rings (SSSR count). The van der Waals surface area contributed by atoms with Gasteiger partial charge in [0.1, 0.15) is 0 Å². The predicted octanol–water partition coefficient (Wildman–Crippen LogP) is 2.10. The van der Waals surface area contributed by atoms with Crippen LogP contribution in [0.25, 0.3) is 0 Å². The van der Waals surface area contributed by atoms with Crippen LogP contribution in [0.4, 0.5) is 0 Å². The number of carboxylic acid groups (broad SMARTS) is 1. The lowest BCUT2D eigenvalue weighted by Gasteiger charge is -2.37. The number of ether oxygens (including phenoxy) is 1. The first kappa shape index (κ1) is 16.0. The minimum absolute atomic E-state index is 0.0264. The number of hydrogen-bond donors (Lipinski definition) is 2. The first-order valence-electron chi connectivity index (χ1n) is 7.03. The summed E-state index contributed by atoms with van der Waals surface area (Å²) in [5.74, 6) is -0.903. The van der Waals surface area contributed by atoms with E-state index in [-0.39, 0.29) is 18.4 Å². The summed E-state index contributed by atoms with van der Waals surface area (Å²) in [6.07, 6.45) is 5.76. The van der Waals surface area contributed by atoms with Gasteiger partial charge in [0.05, 0.1) is 18.1 Å². The van der Waals surface area contributed by atoms with Crippen LogP contribution >= 0.6 is 0 Å². The Bertz CT molecular complexity index is 311. The number of nitrogens with one attached hydrogen (secondary N) is 1. The highest BCUT2D eigenvalue weighted by Gasteiger charge is 2.35. The van der Waals surface area contributed by atoms with Gasteiger partial charge in [-0.05, 0) is 26.2 Å². The van der Waals surface area contributed by atoms with Crippen molar-refractivity contribution in [2.45, 2.75) is 69.9 Å². The summed E-state index contributed by atoms with van der Waals surface area (Å²) < 4.78 is 5.11. The zero-order valence-electron chi connectivity index (χ0n) is 11.9. The molecule has 1 saturated carbocycles. The maximum absolute atomic E-state index is 12.0.